The van der Waals surface area contributed by atoms with Crippen molar-refractivity contribution in [1.82, 2.24) is 5.43 Å². The van der Waals surface area contributed by atoms with Crippen LogP contribution in [0.1, 0.15) is 5.56 Å². The predicted octanol–water partition coefficient (Wildman–Crippen LogP) is 3.13. The molecule has 0 aliphatic carbocycles. The molecule has 2 aromatic carbocycles. The summed E-state index contributed by atoms with van der Waals surface area (Å²) in [6.45, 7) is -0.148. The topological polar surface area (TPSA) is 77.0 Å². The lowest BCUT2D eigenvalue weighted by Crippen LogP contribution is -2.19. The van der Waals surface area contributed by atoms with Gasteiger partial charge in [0.25, 0.3) is 0 Å². The Bertz CT molecular complexity index is 764. The zero-order chi connectivity index (χ0) is 18.8. The molecule has 0 aliphatic heterocycles. The number of hydrogen-bond acceptors (Lipinski definition) is 6. The Morgan fingerprint density at radius 3 is 2.50 bits per heavy atom. The molecule has 0 atom stereocenters. The van der Waals surface area contributed by atoms with Gasteiger partial charge in [-0.15, -0.1) is 11.8 Å². The summed E-state index contributed by atoms with van der Waals surface area (Å²) in [6.07, 6.45) is 1.52. The standard InChI is InChI=1S/C18H17ClN2O4S/c1-24-18(23)11-25-15-6-2-13(3-7-15)10-20-21-17(22)12-26-16-8-4-14(19)5-9-16/h2-10H,11-12H2,1H3,(H,21,22)/b20-10-. The molecule has 0 fully saturated rings. The number of hydrogen-bond donors (Lipinski definition) is 1. The molecule has 136 valence electrons. The van der Waals surface area contributed by atoms with Gasteiger partial charge in [-0.2, -0.15) is 5.10 Å². The Morgan fingerprint density at radius 1 is 1.15 bits per heavy atom. The average Bonchev–Trinajstić information content (AvgIpc) is 2.66. The van der Waals surface area contributed by atoms with E-state index in [-0.39, 0.29) is 18.3 Å². The molecule has 2 rings (SSSR count). The van der Waals surface area contributed by atoms with Gasteiger partial charge >= 0.3 is 5.97 Å². The molecule has 0 aliphatic rings. The van der Waals surface area contributed by atoms with E-state index in [1.54, 1.807) is 36.4 Å². The van der Waals surface area contributed by atoms with Crippen LogP contribution in [-0.4, -0.2) is 37.6 Å². The van der Waals surface area contributed by atoms with Gasteiger partial charge in [-0.25, -0.2) is 10.2 Å². The van der Waals surface area contributed by atoms with Crippen molar-refractivity contribution in [2.24, 2.45) is 5.10 Å². The van der Waals surface area contributed by atoms with Crippen molar-refractivity contribution in [3.8, 4) is 5.75 Å². The van der Waals surface area contributed by atoms with Crippen molar-refractivity contribution < 1.29 is 19.1 Å². The van der Waals surface area contributed by atoms with E-state index in [1.807, 2.05) is 12.1 Å². The molecular formula is C18H17ClN2O4S. The van der Waals surface area contributed by atoms with Gasteiger partial charge < -0.3 is 9.47 Å². The normalized spacial score (nSPS) is 10.5. The fourth-order valence-corrected chi connectivity index (χ4v) is 2.56. The molecule has 2 aromatic rings. The van der Waals surface area contributed by atoms with Crippen LogP contribution in [0.25, 0.3) is 0 Å². The molecule has 0 radical (unpaired) electrons. The minimum absolute atomic E-state index is 0.148. The largest absolute Gasteiger partial charge is 0.482 e. The van der Waals surface area contributed by atoms with Crippen LogP contribution in [0.5, 0.6) is 5.75 Å². The SMILES string of the molecule is COC(=O)COc1ccc(/C=N\NC(=O)CSc2ccc(Cl)cc2)cc1. The highest BCUT2D eigenvalue weighted by Crippen LogP contribution is 2.19. The number of nitrogens with zero attached hydrogens (tertiary/aromatic N) is 1. The van der Waals surface area contributed by atoms with Crippen molar-refractivity contribution in [2.75, 3.05) is 19.5 Å². The number of benzene rings is 2. The van der Waals surface area contributed by atoms with Crippen molar-refractivity contribution in [3.63, 3.8) is 0 Å². The van der Waals surface area contributed by atoms with Crippen molar-refractivity contribution in [1.29, 1.82) is 0 Å². The number of halogens is 1. The third-order valence-electron chi connectivity index (χ3n) is 3.05. The van der Waals surface area contributed by atoms with E-state index in [2.05, 4.69) is 15.3 Å². The number of ether oxygens (including phenoxy) is 2. The van der Waals surface area contributed by atoms with Gasteiger partial charge in [0, 0.05) is 9.92 Å². The predicted molar refractivity (Wildman–Crippen MR) is 102 cm³/mol. The van der Waals surface area contributed by atoms with Crippen LogP contribution in [-0.2, 0) is 14.3 Å². The number of carbonyl (C=O) groups excluding carboxylic acids is 2. The Balaban J connectivity index is 1.74. The van der Waals surface area contributed by atoms with E-state index >= 15 is 0 Å². The first-order chi connectivity index (χ1) is 12.6. The molecule has 1 amide bonds. The van der Waals surface area contributed by atoms with E-state index in [9.17, 15) is 9.59 Å². The van der Waals surface area contributed by atoms with Crippen LogP contribution in [0.3, 0.4) is 0 Å². The second-order valence-electron chi connectivity index (χ2n) is 4.97. The summed E-state index contributed by atoms with van der Waals surface area (Å²) >= 11 is 7.21. The molecule has 0 bridgehead atoms. The minimum atomic E-state index is -0.449. The van der Waals surface area contributed by atoms with Gasteiger partial charge in [0.15, 0.2) is 6.61 Å². The van der Waals surface area contributed by atoms with Crippen LogP contribution < -0.4 is 10.2 Å². The first-order valence-electron chi connectivity index (χ1n) is 7.57. The van der Waals surface area contributed by atoms with Crippen LogP contribution >= 0.6 is 23.4 Å². The number of esters is 1. The van der Waals surface area contributed by atoms with Gasteiger partial charge in [0.1, 0.15) is 5.75 Å². The second-order valence-corrected chi connectivity index (χ2v) is 6.45. The number of methoxy groups -OCH3 is 1. The zero-order valence-corrected chi connectivity index (χ0v) is 15.5. The summed E-state index contributed by atoms with van der Waals surface area (Å²) < 4.78 is 9.73. The van der Waals surface area contributed by atoms with Crippen LogP contribution in [0.15, 0.2) is 58.5 Å². The lowest BCUT2D eigenvalue weighted by atomic mass is 10.2. The molecule has 8 heteroatoms. The zero-order valence-electron chi connectivity index (χ0n) is 14.0. The number of hydrazone groups is 1. The molecule has 0 saturated heterocycles. The van der Waals surface area contributed by atoms with E-state index in [4.69, 9.17) is 16.3 Å². The summed E-state index contributed by atoms with van der Waals surface area (Å²) in [7, 11) is 1.30. The fraction of sp³-hybridized carbons (Fsp3) is 0.167. The number of thioether (sulfide) groups is 1. The molecule has 0 heterocycles. The minimum Gasteiger partial charge on any atom is -0.482 e. The maximum atomic E-state index is 11.8. The maximum absolute atomic E-state index is 11.8. The second kappa shape index (κ2) is 10.5. The summed E-state index contributed by atoms with van der Waals surface area (Å²) in [6, 6.07) is 14.2. The fourth-order valence-electron chi connectivity index (χ4n) is 1.74. The summed E-state index contributed by atoms with van der Waals surface area (Å²) in [5.41, 5.74) is 3.25. The van der Waals surface area contributed by atoms with Crippen LogP contribution in [0.2, 0.25) is 5.02 Å². The third-order valence-corrected chi connectivity index (χ3v) is 4.31. The average molecular weight is 393 g/mol. The Labute approximate surface area is 160 Å². The molecule has 6 nitrogen and oxygen atoms in total. The monoisotopic (exact) mass is 392 g/mol. The van der Waals surface area contributed by atoms with Gasteiger partial charge in [-0.3, -0.25) is 4.79 Å². The quantitative estimate of drug-likeness (QED) is 0.323. The van der Waals surface area contributed by atoms with Crippen molar-refractivity contribution >= 4 is 41.5 Å². The Morgan fingerprint density at radius 2 is 1.85 bits per heavy atom. The first kappa shape index (κ1) is 19.8. The Hall–Kier alpha value is -2.51. The van der Waals surface area contributed by atoms with E-state index in [0.29, 0.717) is 10.8 Å². The number of rotatable bonds is 8. The smallest absolute Gasteiger partial charge is 0.343 e. The number of nitrogens with one attached hydrogen (secondary N) is 1. The highest BCUT2D eigenvalue weighted by molar-refractivity contribution is 8.00. The third kappa shape index (κ3) is 7.16. The van der Waals surface area contributed by atoms with Crippen molar-refractivity contribution in [3.05, 3.63) is 59.1 Å². The lowest BCUT2D eigenvalue weighted by Gasteiger charge is -2.04. The number of amides is 1. The molecule has 0 saturated carbocycles. The van der Waals surface area contributed by atoms with E-state index in [1.165, 1.54) is 25.1 Å². The Kier molecular flexibility index (Phi) is 7.98. The van der Waals surface area contributed by atoms with Gasteiger partial charge in [0.2, 0.25) is 5.91 Å². The summed E-state index contributed by atoms with van der Waals surface area (Å²) in [5, 5.41) is 4.57. The summed E-state index contributed by atoms with van der Waals surface area (Å²) in [5.74, 6) is 0.129. The summed E-state index contributed by atoms with van der Waals surface area (Å²) in [4.78, 5) is 23.7. The highest BCUT2D eigenvalue weighted by atomic mass is 35.5. The highest BCUT2D eigenvalue weighted by Gasteiger charge is 2.03. The van der Waals surface area contributed by atoms with E-state index in [0.717, 1.165) is 10.5 Å². The molecule has 0 aromatic heterocycles. The first-order valence-corrected chi connectivity index (χ1v) is 8.93. The van der Waals surface area contributed by atoms with Crippen LogP contribution in [0, 0.1) is 0 Å². The van der Waals surface area contributed by atoms with Gasteiger partial charge in [0.05, 0.1) is 19.1 Å². The molecular weight excluding hydrogens is 376 g/mol. The van der Waals surface area contributed by atoms with Crippen LogP contribution in [0.4, 0.5) is 0 Å². The van der Waals surface area contributed by atoms with Crippen molar-refractivity contribution in [2.45, 2.75) is 4.90 Å². The van der Waals surface area contributed by atoms with Gasteiger partial charge in [-0.05, 0) is 54.1 Å². The maximum Gasteiger partial charge on any atom is 0.343 e. The molecule has 1 N–H and O–H groups in total. The van der Waals surface area contributed by atoms with E-state index < -0.39 is 5.97 Å². The molecule has 0 spiro atoms. The van der Waals surface area contributed by atoms with Gasteiger partial charge in [-0.1, -0.05) is 11.6 Å². The molecule has 0 unspecified atom stereocenters. The number of carbonyl (C=O) groups is 2. The lowest BCUT2D eigenvalue weighted by molar-refractivity contribution is -0.142. The molecule has 26 heavy (non-hydrogen) atoms.